The molecule has 0 aliphatic rings. The number of azide groups is 1. The monoisotopic (exact) mass is 207 g/mol. The summed E-state index contributed by atoms with van der Waals surface area (Å²) in [5, 5.41) is 12.8. The molecule has 0 fully saturated rings. The molecule has 1 N–H and O–H groups in total. The molecule has 1 rings (SSSR count). The lowest BCUT2D eigenvalue weighted by Crippen LogP contribution is -1.76. The van der Waals surface area contributed by atoms with Crippen LogP contribution < -0.4 is 0 Å². The van der Waals surface area contributed by atoms with Crippen LogP contribution in [0.3, 0.4) is 0 Å². The predicted molar refractivity (Wildman–Crippen MR) is 54.0 cm³/mol. The number of hydrogen-bond donors (Lipinski definition) is 1. The minimum absolute atomic E-state index is 0.0607. The van der Waals surface area contributed by atoms with E-state index in [0.717, 1.165) is 0 Å². The van der Waals surface area contributed by atoms with Crippen molar-refractivity contribution < 1.29 is 5.11 Å². The van der Waals surface area contributed by atoms with Crippen molar-refractivity contribution in [1.82, 2.24) is 0 Å². The van der Waals surface area contributed by atoms with E-state index >= 15 is 0 Å². The Morgan fingerprint density at radius 3 is 2.93 bits per heavy atom. The van der Waals surface area contributed by atoms with E-state index < -0.39 is 0 Å². The van der Waals surface area contributed by atoms with Crippen LogP contribution in [0.1, 0.15) is 5.56 Å². The van der Waals surface area contributed by atoms with E-state index in [-0.39, 0.29) is 12.3 Å². The Hall–Kier alpha value is -1.82. The Labute approximate surface area is 85.8 Å². The molecular weight excluding hydrogens is 202 g/mol. The highest BCUT2D eigenvalue weighted by molar-refractivity contribution is 6.30. The second kappa shape index (κ2) is 5.03. The molecule has 1 aromatic rings. The Kier molecular flexibility index (Phi) is 3.69. The van der Waals surface area contributed by atoms with Gasteiger partial charge in [0.1, 0.15) is 5.75 Å². The highest BCUT2D eigenvalue weighted by atomic mass is 35.5. The van der Waals surface area contributed by atoms with Crippen molar-refractivity contribution >= 4 is 11.6 Å². The van der Waals surface area contributed by atoms with Crippen molar-refractivity contribution in [2.45, 2.75) is 0 Å². The summed E-state index contributed by atoms with van der Waals surface area (Å²) in [5.41, 5.74) is 8.57. The number of phenols is 1. The lowest BCUT2D eigenvalue weighted by atomic mass is 10.2. The zero-order valence-electron chi connectivity index (χ0n) is 7.11. The molecule has 0 atom stereocenters. The largest absolute Gasteiger partial charge is 0.508 e. The van der Waals surface area contributed by atoms with Crippen LogP contribution in [0.15, 0.2) is 23.3 Å². The first-order chi connectivity index (χ1) is 6.72. The number of rotatable bonds is 1. The highest BCUT2D eigenvalue weighted by Crippen LogP contribution is 2.18. The van der Waals surface area contributed by atoms with Crippen molar-refractivity contribution in [1.29, 1.82) is 0 Å². The fourth-order valence-electron chi connectivity index (χ4n) is 0.855. The average molecular weight is 208 g/mol. The highest BCUT2D eigenvalue weighted by Gasteiger charge is 1.94. The molecule has 0 bridgehead atoms. The SMILES string of the molecule is [N-]=[N+]=NCC#Cc1cc(O)cc(Cl)c1. The van der Waals surface area contributed by atoms with Crippen LogP contribution in [0.5, 0.6) is 5.75 Å². The number of nitrogens with zero attached hydrogens (tertiary/aromatic N) is 3. The van der Waals surface area contributed by atoms with Gasteiger partial charge in [-0.3, -0.25) is 0 Å². The molecule has 0 unspecified atom stereocenters. The number of phenolic OH excluding ortho intramolecular Hbond substituents is 1. The average Bonchev–Trinajstić information content (AvgIpc) is 2.11. The molecule has 70 valence electrons. The Morgan fingerprint density at radius 1 is 1.50 bits per heavy atom. The Bertz CT molecular complexity index is 421. The van der Waals surface area contributed by atoms with E-state index in [4.69, 9.17) is 22.2 Å². The number of benzene rings is 1. The topological polar surface area (TPSA) is 69.0 Å². The van der Waals surface area contributed by atoms with Crippen molar-refractivity contribution in [2.24, 2.45) is 5.11 Å². The molecule has 0 aliphatic heterocycles. The maximum Gasteiger partial charge on any atom is 0.118 e. The molecule has 5 heteroatoms. The van der Waals surface area contributed by atoms with Crippen molar-refractivity contribution in [3.8, 4) is 17.6 Å². The van der Waals surface area contributed by atoms with Crippen LogP contribution in [0.2, 0.25) is 5.02 Å². The maximum atomic E-state index is 9.16. The first-order valence-electron chi connectivity index (χ1n) is 3.71. The van der Waals surface area contributed by atoms with Gasteiger partial charge in [-0.1, -0.05) is 28.6 Å². The molecule has 1 aromatic carbocycles. The van der Waals surface area contributed by atoms with Gasteiger partial charge in [-0.25, -0.2) is 0 Å². The smallest absolute Gasteiger partial charge is 0.118 e. The molecule has 0 saturated carbocycles. The fourth-order valence-corrected chi connectivity index (χ4v) is 1.08. The minimum Gasteiger partial charge on any atom is -0.508 e. The normalized spacial score (nSPS) is 8.36. The molecule has 0 spiro atoms. The quantitative estimate of drug-likeness (QED) is 0.327. The van der Waals surface area contributed by atoms with E-state index in [1.54, 1.807) is 6.07 Å². The third-order valence-electron chi connectivity index (χ3n) is 1.33. The summed E-state index contributed by atoms with van der Waals surface area (Å²) in [6.07, 6.45) is 0. The van der Waals surface area contributed by atoms with Crippen LogP contribution in [-0.2, 0) is 0 Å². The summed E-state index contributed by atoms with van der Waals surface area (Å²) < 4.78 is 0. The van der Waals surface area contributed by atoms with Crippen molar-refractivity contribution in [3.05, 3.63) is 39.2 Å². The zero-order valence-corrected chi connectivity index (χ0v) is 7.86. The molecule has 4 nitrogen and oxygen atoms in total. The summed E-state index contributed by atoms with van der Waals surface area (Å²) in [6, 6.07) is 4.51. The Balaban J connectivity index is 2.84. The third kappa shape index (κ3) is 3.28. The van der Waals surface area contributed by atoms with Gasteiger partial charge in [0.05, 0.1) is 6.54 Å². The molecule has 0 amide bonds. The molecule has 0 radical (unpaired) electrons. The van der Waals surface area contributed by atoms with Gasteiger partial charge in [0.15, 0.2) is 0 Å². The third-order valence-corrected chi connectivity index (χ3v) is 1.55. The van der Waals surface area contributed by atoms with Crippen LogP contribution in [-0.4, -0.2) is 11.7 Å². The molecule has 14 heavy (non-hydrogen) atoms. The van der Waals surface area contributed by atoms with Gasteiger partial charge < -0.3 is 5.11 Å². The van der Waals surface area contributed by atoms with Crippen LogP contribution in [0.4, 0.5) is 0 Å². The van der Waals surface area contributed by atoms with Crippen LogP contribution >= 0.6 is 11.6 Å². The van der Waals surface area contributed by atoms with E-state index in [9.17, 15) is 0 Å². The lowest BCUT2D eigenvalue weighted by Gasteiger charge is -1.94. The zero-order chi connectivity index (χ0) is 10.4. The Morgan fingerprint density at radius 2 is 2.29 bits per heavy atom. The van der Waals surface area contributed by atoms with E-state index in [1.807, 2.05) is 0 Å². The van der Waals surface area contributed by atoms with Gasteiger partial charge in [0.25, 0.3) is 0 Å². The lowest BCUT2D eigenvalue weighted by molar-refractivity contribution is 0.475. The van der Waals surface area contributed by atoms with Gasteiger partial charge >= 0.3 is 0 Å². The number of halogens is 1. The van der Waals surface area contributed by atoms with E-state index in [1.165, 1.54) is 12.1 Å². The molecule has 0 aliphatic carbocycles. The predicted octanol–water partition coefficient (Wildman–Crippen LogP) is 2.71. The summed E-state index contributed by atoms with van der Waals surface area (Å²) in [7, 11) is 0. The first kappa shape index (κ1) is 10.3. The molecule has 0 aromatic heterocycles. The van der Waals surface area contributed by atoms with E-state index in [2.05, 4.69) is 21.9 Å². The first-order valence-corrected chi connectivity index (χ1v) is 4.09. The van der Waals surface area contributed by atoms with Gasteiger partial charge in [-0.05, 0) is 23.7 Å². The van der Waals surface area contributed by atoms with Gasteiger partial charge in [0.2, 0.25) is 0 Å². The number of aromatic hydroxyl groups is 1. The standard InChI is InChI=1S/C9H6ClN3O/c10-8-4-7(5-9(14)6-8)2-1-3-12-13-11/h4-6,14H,3H2. The molecular formula is C9H6ClN3O. The van der Waals surface area contributed by atoms with Gasteiger partial charge in [0, 0.05) is 15.5 Å². The van der Waals surface area contributed by atoms with Gasteiger partial charge in [-0.2, -0.15) is 0 Å². The molecule has 0 heterocycles. The summed E-state index contributed by atoms with van der Waals surface area (Å²) in [4.78, 5) is 2.55. The van der Waals surface area contributed by atoms with Crippen LogP contribution in [0, 0.1) is 11.8 Å². The van der Waals surface area contributed by atoms with Crippen LogP contribution in [0.25, 0.3) is 10.4 Å². The van der Waals surface area contributed by atoms with Crippen molar-refractivity contribution in [2.75, 3.05) is 6.54 Å². The van der Waals surface area contributed by atoms with Gasteiger partial charge in [-0.15, -0.1) is 0 Å². The summed E-state index contributed by atoms with van der Waals surface area (Å²) in [5.74, 6) is 5.38. The second-order valence-electron chi connectivity index (χ2n) is 2.39. The van der Waals surface area contributed by atoms with Crippen molar-refractivity contribution in [3.63, 3.8) is 0 Å². The van der Waals surface area contributed by atoms with E-state index in [0.29, 0.717) is 10.6 Å². The number of hydrogen-bond acceptors (Lipinski definition) is 2. The fraction of sp³-hybridized carbons (Fsp3) is 0.111. The summed E-state index contributed by atoms with van der Waals surface area (Å²) >= 11 is 5.68. The summed E-state index contributed by atoms with van der Waals surface area (Å²) in [6.45, 7) is 0.101. The minimum atomic E-state index is 0.0607. The maximum absolute atomic E-state index is 9.16. The second-order valence-corrected chi connectivity index (χ2v) is 2.83. The molecule has 0 saturated heterocycles.